The average molecular weight is 245 g/mol. The second-order valence-corrected chi connectivity index (χ2v) is 4.03. The van der Waals surface area contributed by atoms with Gasteiger partial charge in [-0.2, -0.15) is 0 Å². The van der Waals surface area contributed by atoms with Gasteiger partial charge in [0.15, 0.2) is 0 Å². The van der Waals surface area contributed by atoms with Crippen molar-refractivity contribution < 1.29 is 0 Å². The maximum atomic E-state index is 4.25. The van der Waals surface area contributed by atoms with Crippen LogP contribution in [-0.4, -0.2) is 15.7 Å². The molecule has 1 heterocycles. The third-order valence-electron chi connectivity index (χ3n) is 1.13. The first-order valence-corrected chi connectivity index (χ1v) is 5.25. The predicted octanol–water partition coefficient (Wildman–Crippen LogP) is 2.83. The van der Waals surface area contributed by atoms with E-state index in [9.17, 15) is 0 Å². The van der Waals surface area contributed by atoms with Crippen molar-refractivity contribution in [3.63, 3.8) is 0 Å². The fraction of sp³-hybridized carbons (Fsp3) is 0.250. The van der Waals surface area contributed by atoms with Gasteiger partial charge in [0.25, 0.3) is 0 Å². The van der Waals surface area contributed by atoms with Gasteiger partial charge in [-0.05, 0) is 22.9 Å². The molecule has 0 atom stereocenters. The molecule has 0 fully saturated rings. The highest BCUT2D eigenvalue weighted by atomic mass is 79.9. The van der Waals surface area contributed by atoms with E-state index in [1.54, 1.807) is 11.8 Å². The fourth-order valence-electron chi connectivity index (χ4n) is 0.724. The maximum Gasteiger partial charge on any atom is 0.127 e. The first-order chi connectivity index (χ1) is 5.72. The first-order valence-electron chi connectivity index (χ1n) is 3.47. The molecule has 0 radical (unpaired) electrons. The largest absolute Gasteiger partial charge is 0.227 e. The van der Waals surface area contributed by atoms with Crippen LogP contribution in [0.1, 0.15) is 5.82 Å². The Hall–Kier alpha value is -0.350. The van der Waals surface area contributed by atoms with Gasteiger partial charge in [-0.25, -0.2) is 9.97 Å². The lowest BCUT2D eigenvalue weighted by atomic mass is 10.6. The zero-order valence-corrected chi connectivity index (χ0v) is 9.15. The highest BCUT2D eigenvalue weighted by Gasteiger charge is 1.98. The lowest BCUT2D eigenvalue weighted by Crippen LogP contribution is -1.90. The van der Waals surface area contributed by atoms with Crippen LogP contribution < -0.4 is 0 Å². The van der Waals surface area contributed by atoms with Crippen LogP contribution in [0.5, 0.6) is 0 Å². The van der Waals surface area contributed by atoms with Gasteiger partial charge in [0.2, 0.25) is 0 Å². The molecule has 0 unspecified atom stereocenters. The topological polar surface area (TPSA) is 25.8 Å². The summed E-state index contributed by atoms with van der Waals surface area (Å²) in [7, 11) is 0. The fourth-order valence-corrected chi connectivity index (χ4v) is 2.03. The molecule has 0 bridgehead atoms. The number of aromatic nitrogens is 2. The quantitative estimate of drug-likeness (QED) is 0.465. The van der Waals surface area contributed by atoms with Crippen LogP contribution in [0.15, 0.2) is 28.4 Å². The van der Waals surface area contributed by atoms with E-state index in [2.05, 4.69) is 32.5 Å². The zero-order chi connectivity index (χ0) is 8.97. The summed E-state index contributed by atoms with van der Waals surface area (Å²) in [5.74, 6) is 1.67. The Labute approximate surface area is 84.6 Å². The van der Waals surface area contributed by atoms with Crippen LogP contribution >= 0.6 is 27.7 Å². The SMILES string of the molecule is C=CCSc1cc(Br)nc(C)n1. The van der Waals surface area contributed by atoms with Crippen molar-refractivity contribution in [1.82, 2.24) is 9.97 Å². The van der Waals surface area contributed by atoms with Crippen LogP contribution in [0.3, 0.4) is 0 Å². The summed E-state index contributed by atoms with van der Waals surface area (Å²) >= 11 is 4.96. The molecule has 1 rings (SSSR count). The molecule has 64 valence electrons. The third-order valence-corrected chi connectivity index (χ3v) is 2.45. The Morgan fingerprint density at radius 1 is 1.67 bits per heavy atom. The average Bonchev–Trinajstić information content (AvgIpc) is 1.99. The first kappa shape index (κ1) is 9.74. The van der Waals surface area contributed by atoms with Gasteiger partial charge in [0, 0.05) is 11.8 Å². The van der Waals surface area contributed by atoms with Gasteiger partial charge in [0.05, 0.1) is 0 Å². The Morgan fingerprint density at radius 2 is 2.42 bits per heavy atom. The van der Waals surface area contributed by atoms with Crippen LogP contribution in [0.25, 0.3) is 0 Å². The van der Waals surface area contributed by atoms with E-state index < -0.39 is 0 Å². The summed E-state index contributed by atoms with van der Waals surface area (Å²) in [4.78, 5) is 8.35. The summed E-state index contributed by atoms with van der Waals surface area (Å²) in [6.07, 6.45) is 1.86. The number of hydrogen-bond acceptors (Lipinski definition) is 3. The van der Waals surface area contributed by atoms with Gasteiger partial charge in [-0.1, -0.05) is 6.08 Å². The molecule has 0 spiro atoms. The number of aryl methyl sites for hydroxylation is 1. The Morgan fingerprint density at radius 3 is 3.00 bits per heavy atom. The van der Waals surface area contributed by atoms with Gasteiger partial charge < -0.3 is 0 Å². The molecular formula is C8H9BrN2S. The number of thioether (sulfide) groups is 1. The normalized spacial score (nSPS) is 9.83. The van der Waals surface area contributed by atoms with Gasteiger partial charge in [-0.15, -0.1) is 18.3 Å². The monoisotopic (exact) mass is 244 g/mol. The molecule has 2 nitrogen and oxygen atoms in total. The Kier molecular flexibility index (Phi) is 3.75. The van der Waals surface area contributed by atoms with Crippen LogP contribution in [-0.2, 0) is 0 Å². The minimum atomic E-state index is 0.788. The van der Waals surface area contributed by atoms with E-state index in [-0.39, 0.29) is 0 Å². The standard InChI is InChI=1S/C8H9BrN2S/c1-3-4-12-8-5-7(9)10-6(2)11-8/h3,5H,1,4H2,2H3. The minimum absolute atomic E-state index is 0.788. The van der Waals surface area contributed by atoms with Gasteiger partial charge >= 0.3 is 0 Å². The van der Waals surface area contributed by atoms with Crippen molar-refractivity contribution in [3.8, 4) is 0 Å². The summed E-state index contributed by atoms with van der Waals surface area (Å²) in [6.45, 7) is 5.52. The molecule has 1 aromatic heterocycles. The summed E-state index contributed by atoms with van der Waals surface area (Å²) in [6, 6.07) is 1.90. The maximum absolute atomic E-state index is 4.25. The molecule has 1 aromatic rings. The van der Waals surface area contributed by atoms with E-state index in [0.717, 1.165) is 21.2 Å². The minimum Gasteiger partial charge on any atom is -0.227 e. The van der Waals surface area contributed by atoms with E-state index in [0.29, 0.717) is 0 Å². The van der Waals surface area contributed by atoms with Crippen LogP contribution in [0, 0.1) is 6.92 Å². The van der Waals surface area contributed by atoms with E-state index in [1.807, 2.05) is 19.1 Å². The van der Waals surface area contributed by atoms with Gasteiger partial charge in [0.1, 0.15) is 15.5 Å². The van der Waals surface area contributed by atoms with E-state index in [1.165, 1.54) is 0 Å². The summed E-state index contributed by atoms with van der Waals surface area (Å²) < 4.78 is 0.835. The molecule has 12 heavy (non-hydrogen) atoms. The van der Waals surface area contributed by atoms with E-state index >= 15 is 0 Å². The summed E-state index contributed by atoms with van der Waals surface area (Å²) in [5, 5.41) is 0.981. The lowest BCUT2D eigenvalue weighted by molar-refractivity contribution is 0.952. The number of nitrogens with zero attached hydrogens (tertiary/aromatic N) is 2. The van der Waals surface area contributed by atoms with Gasteiger partial charge in [-0.3, -0.25) is 0 Å². The molecule has 0 aromatic carbocycles. The van der Waals surface area contributed by atoms with E-state index in [4.69, 9.17) is 0 Å². The molecule has 4 heteroatoms. The molecule has 0 aliphatic rings. The zero-order valence-electron chi connectivity index (χ0n) is 6.75. The van der Waals surface area contributed by atoms with Crippen molar-refractivity contribution >= 4 is 27.7 Å². The number of hydrogen-bond donors (Lipinski definition) is 0. The van der Waals surface area contributed by atoms with Crippen molar-refractivity contribution in [3.05, 3.63) is 29.1 Å². The molecule has 0 amide bonds. The predicted molar refractivity (Wildman–Crippen MR) is 55.4 cm³/mol. The van der Waals surface area contributed by atoms with Crippen molar-refractivity contribution in [1.29, 1.82) is 0 Å². The van der Waals surface area contributed by atoms with Crippen molar-refractivity contribution in [2.75, 3.05) is 5.75 Å². The number of rotatable bonds is 3. The molecule has 0 N–H and O–H groups in total. The highest BCUT2D eigenvalue weighted by Crippen LogP contribution is 2.18. The van der Waals surface area contributed by atoms with Crippen molar-refractivity contribution in [2.45, 2.75) is 11.9 Å². The molecule has 0 aliphatic carbocycles. The second kappa shape index (κ2) is 4.62. The Balaban J connectivity index is 2.78. The van der Waals surface area contributed by atoms with Crippen LogP contribution in [0.2, 0.25) is 0 Å². The van der Waals surface area contributed by atoms with Crippen LogP contribution in [0.4, 0.5) is 0 Å². The lowest BCUT2D eigenvalue weighted by Gasteiger charge is -1.99. The molecular weight excluding hydrogens is 236 g/mol. The highest BCUT2D eigenvalue weighted by molar-refractivity contribution is 9.10. The smallest absolute Gasteiger partial charge is 0.127 e. The molecule has 0 saturated carbocycles. The van der Waals surface area contributed by atoms with Crippen molar-refractivity contribution in [2.24, 2.45) is 0 Å². The third kappa shape index (κ3) is 2.95. The second-order valence-electron chi connectivity index (χ2n) is 2.18. The summed E-state index contributed by atoms with van der Waals surface area (Å²) in [5.41, 5.74) is 0. The molecule has 0 aliphatic heterocycles. The molecule has 0 saturated heterocycles. The number of halogens is 1. The Bertz CT molecular complexity index is 268.